The molecular formula is C13H11Cl3N2. The molecule has 2 nitrogen and oxygen atoms in total. The molecule has 1 aromatic heterocycles. The van der Waals surface area contributed by atoms with E-state index in [1.54, 1.807) is 6.07 Å². The minimum Gasteiger partial charge on any atom is -0.216 e. The summed E-state index contributed by atoms with van der Waals surface area (Å²) < 4.78 is 0. The summed E-state index contributed by atoms with van der Waals surface area (Å²) in [5, 5.41) is 1.32. The molecular weight excluding hydrogens is 291 g/mol. The molecule has 2 rings (SSSR count). The third-order valence-electron chi connectivity index (χ3n) is 2.54. The van der Waals surface area contributed by atoms with Crippen LogP contribution >= 0.6 is 34.8 Å². The predicted molar refractivity (Wildman–Crippen MR) is 76.6 cm³/mol. The van der Waals surface area contributed by atoms with Gasteiger partial charge in [0.2, 0.25) is 0 Å². The zero-order valence-electron chi connectivity index (χ0n) is 9.92. The van der Waals surface area contributed by atoms with Crippen LogP contribution in [0.4, 0.5) is 0 Å². The Bertz CT molecular complexity index is 559. The number of aromatic nitrogens is 2. The molecule has 94 valence electrons. The summed E-state index contributed by atoms with van der Waals surface area (Å²) in [7, 11) is 0. The van der Waals surface area contributed by atoms with Crippen LogP contribution in [-0.2, 0) is 0 Å². The Balaban J connectivity index is 2.59. The van der Waals surface area contributed by atoms with Gasteiger partial charge in [-0.2, -0.15) is 0 Å². The average molecular weight is 302 g/mol. The van der Waals surface area contributed by atoms with Crippen LogP contribution in [0.1, 0.15) is 25.3 Å². The van der Waals surface area contributed by atoms with Crippen molar-refractivity contribution in [2.75, 3.05) is 0 Å². The number of hydrogen-bond donors (Lipinski definition) is 0. The first-order chi connectivity index (χ1) is 8.50. The quantitative estimate of drug-likeness (QED) is 0.710. The number of rotatable bonds is 2. The normalized spacial score (nSPS) is 11.0. The van der Waals surface area contributed by atoms with E-state index in [9.17, 15) is 0 Å². The number of nitrogens with zero attached hydrogens (tertiary/aromatic N) is 2. The highest BCUT2D eigenvalue weighted by molar-refractivity contribution is 6.35. The molecule has 0 atom stereocenters. The van der Waals surface area contributed by atoms with E-state index in [1.165, 1.54) is 0 Å². The number of benzene rings is 1. The first-order valence-electron chi connectivity index (χ1n) is 5.48. The fourth-order valence-corrected chi connectivity index (χ4v) is 2.70. The van der Waals surface area contributed by atoms with Gasteiger partial charge in [0.05, 0.1) is 5.02 Å². The van der Waals surface area contributed by atoms with Gasteiger partial charge < -0.3 is 0 Å². The van der Waals surface area contributed by atoms with Gasteiger partial charge in [-0.3, -0.25) is 0 Å². The topological polar surface area (TPSA) is 25.8 Å². The van der Waals surface area contributed by atoms with E-state index in [1.807, 2.05) is 32.0 Å². The Morgan fingerprint density at radius 2 is 1.50 bits per heavy atom. The van der Waals surface area contributed by atoms with E-state index >= 15 is 0 Å². The third kappa shape index (κ3) is 2.61. The van der Waals surface area contributed by atoms with Crippen LogP contribution in [0.25, 0.3) is 11.4 Å². The molecule has 18 heavy (non-hydrogen) atoms. The molecule has 0 unspecified atom stereocenters. The highest BCUT2D eigenvalue weighted by Gasteiger charge is 2.16. The molecule has 5 heteroatoms. The van der Waals surface area contributed by atoms with Gasteiger partial charge in [-0.15, -0.1) is 0 Å². The lowest BCUT2D eigenvalue weighted by Crippen LogP contribution is -1.99. The Kier molecular flexibility index (Phi) is 4.10. The van der Waals surface area contributed by atoms with E-state index in [2.05, 4.69) is 9.97 Å². The Morgan fingerprint density at radius 1 is 0.944 bits per heavy atom. The van der Waals surface area contributed by atoms with Crippen molar-refractivity contribution in [3.63, 3.8) is 0 Å². The van der Waals surface area contributed by atoms with E-state index in [0.29, 0.717) is 21.2 Å². The summed E-state index contributed by atoms with van der Waals surface area (Å²) in [5.74, 6) is 0.616. The van der Waals surface area contributed by atoms with Gasteiger partial charge in [0.15, 0.2) is 5.82 Å². The lowest BCUT2D eigenvalue weighted by molar-refractivity contribution is 0.848. The van der Waals surface area contributed by atoms with Crippen molar-refractivity contribution in [2.24, 2.45) is 0 Å². The second-order valence-electron chi connectivity index (χ2n) is 4.18. The minimum atomic E-state index is 0.172. The van der Waals surface area contributed by atoms with Gasteiger partial charge >= 0.3 is 0 Å². The van der Waals surface area contributed by atoms with Gasteiger partial charge in [0.25, 0.3) is 0 Å². The van der Waals surface area contributed by atoms with Crippen molar-refractivity contribution in [1.82, 2.24) is 9.97 Å². The van der Waals surface area contributed by atoms with Crippen molar-refractivity contribution >= 4 is 34.8 Å². The van der Waals surface area contributed by atoms with E-state index in [4.69, 9.17) is 34.8 Å². The standard InChI is InChI=1S/C13H11Cl3N2/c1-7(2)10-11(15)17-13(18-12(10)16)8-5-3-4-6-9(8)14/h3-7H,1-2H3. The van der Waals surface area contributed by atoms with Gasteiger partial charge in [0, 0.05) is 11.1 Å². The third-order valence-corrected chi connectivity index (χ3v) is 3.45. The number of halogens is 3. The van der Waals surface area contributed by atoms with Gasteiger partial charge in [-0.05, 0) is 18.1 Å². The first-order valence-corrected chi connectivity index (χ1v) is 6.62. The molecule has 1 heterocycles. The maximum absolute atomic E-state index is 6.15. The minimum absolute atomic E-state index is 0.172. The Morgan fingerprint density at radius 3 is 2.00 bits per heavy atom. The first kappa shape index (κ1) is 13.6. The second-order valence-corrected chi connectivity index (χ2v) is 5.30. The van der Waals surface area contributed by atoms with Crippen LogP contribution in [-0.4, -0.2) is 9.97 Å². The predicted octanol–water partition coefficient (Wildman–Crippen LogP) is 5.23. The molecule has 0 N–H and O–H groups in total. The molecule has 0 spiro atoms. The molecule has 0 radical (unpaired) electrons. The number of hydrogen-bond acceptors (Lipinski definition) is 2. The maximum Gasteiger partial charge on any atom is 0.164 e. The van der Waals surface area contributed by atoms with Crippen LogP contribution < -0.4 is 0 Å². The molecule has 2 aromatic rings. The zero-order valence-corrected chi connectivity index (χ0v) is 12.2. The molecule has 0 bridgehead atoms. The van der Waals surface area contributed by atoms with Crippen molar-refractivity contribution < 1.29 is 0 Å². The fraction of sp³-hybridized carbons (Fsp3) is 0.231. The average Bonchev–Trinajstić information content (AvgIpc) is 2.27. The van der Waals surface area contributed by atoms with Crippen LogP contribution in [0.15, 0.2) is 24.3 Å². The smallest absolute Gasteiger partial charge is 0.164 e. The molecule has 0 aliphatic heterocycles. The van der Waals surface area contributed by atoms with Crippen molar-refractivity contribution in [2.45, 2.75) is 19.8 Å². The highest BCUT2D eigenvalue weighted by atomic mass is 35.5. The summed E-state index contributed by atoms with van der Waals surface area (Å²) in [6.07, 6.45) is 0. The van der Waals surface area contributed by atoms with Gasteiger partial charge in [0.1, 0.15) is 10.3 Å². The second kappa shape index (κ2) is 5.43. The summed E-state index contributed by atoms with van der Waals surface area (Å²) in [4.78, 5) is 8.54. The fourth-order valence-electron chi connectivity index (χ4n) is 1.66. The molecule has 0 aliphatic rings. The van der Waals surface area contributed by atoms with Crippen LogP contribution in [0.3, 0.4) is 0 Å². The van der Waals surface area contributed by atoms with E-state index < -0.39 is 0 Å². The highest BCUT2D eigenvalue weighted by Crippen LogP contribution is 2.32. The van der Waals surface area contributed by atoms with Crippen LogP contribution in [0.5, 0.6) is 0 Å². The monoisotopic (exact) mass is 300 g/mol. The summed E-state index contributed by atoms with van der Waals surface area (Å²) in [6.45, 7) is 3.98. The van der Waals surface area contributed by atoms with Gasteiger partial charge in [-0.25, -0.2) is 9.97 Å². The summed E-state index contributed by atoms with van der Waals surface area (Å²) in [5.41, 5.74) is 1.48. The molecule has 1 aromatic carbocycles. The Hall–Kier alpha value is -0.830. The summed E-state index contributed by atoms with van der Waals surface area (Å²) in [6, 6.07) is 7.32. The SMILES string of the molecule is CC(C)c1c(Cl)nc(-c2ccccc2Cl)nc1Cl. The van der Waals surface area contributed by atoms with E-state index in [0.717, 1.165) is 11.1 Å². The van der Waals surface area contributed by atoms with Crippen molar-refractivity contribution in [3.8, 4) is 11.4 Å². The lowest BCUT2D eigenvalue weighted by atomic mass is 10.1. The zero-order chi connectivity index (χ0) is 13.3. The Labute approximate surface area is 121 Å². The summed E-state index contributed by atoms with van der Waals surface area (Å²) >= 11 is 18.4. The molecule has 0 saturated heterocycles. The van der Waals surface area contributed by atoms with Crippen LogP contribution in [0, 0.1) is 0 Å². The van der Waals surface area contributed by atoms with Gasteiger partial charge in [-0.1, -0.05) is 60.8 Å². The lowest BCUT2D eigenvalue weighted by Gasteiger charge is -2.11. The molecule has 0 aliphatic carbocycles. The maximum atomic E-state index is 6.15. The van der Waals surface area contributed by atoms with Crippen LogP contribution in [0.2, 0.25) is 15.3 Å². The van der Waals surface area contributed by atoms with E-state index in [-0.39, 0.29) is 5.92 Å². The molecule has 0 saturated carbocycles. The molecule has 0 fully saturated rings. The largest absolute Gasteiger partial charge is 0.216 e. The molecule has 0 amide bonds. The van der Waals surface area contributed by atoms with Crippen molar-refractivity contribution in [1.29, 1.82) is 0 Å². The van der Waals surface area contributed by atoms with Crippen molar-refractivity contribution in [3.05, 3.63) is 45.2 Å².